The first-order chi connectivity index (χ1) is 11.0. The van der Waals surface area contributed by atoms with Gasteiger partial charge in [-0.25, -0.2) is 4.79 Å². The third-order valence-corrected chi connectivity index (χ3v) is 3.69. The number of rotatable bonds is 7. The summed E-state index contributed by atoms with van der Waals surface area (Å²) in [6.45, 7) is 0.377. The van der Waals surface area contributed by atoms with Gasteiger partial charge < -0.3 is 9.84 Å². The second kappa shape index (κ2) is 8.04. The first-order valence-corrected chi connectivity index (χ1v) is 7.63. The van der Waals surface area contributed by atoms with Crippen molar-refractivity contribution in [1.82, 2.24) is 0 Å². The van der Waals surface area contributed by atoms with E-state index >= 15 is 0 Å². The van der Waals surface area contributed by atoms with E-state index in [4.69, 9.17) is 9.84 Å². The zero-order valence-electron chi connectivity index (χ0n) is 12.0. The van der Waals surface area contributed by atoms with E-state index in [1.807, 2.05) is 6.07 Å². The Morgan fingerprint density at radius 1 is 1.26 bits per heavy atom. The fourth-order valence-electron chi connectivity index (χ4n) is 1.79. The van der Waals surface area contributed by atoms with Crippen LogP contribution in [-0.4, -0.2) is 28.5 Å². The standard InChI is InChI=1S/C15H14N2O5S/c18-15(19)16-11-3-1-6-14(9-11)23-8-7-22-13-5-2-4-12(10-13)17(20)21/h1-6,9-10,16H,7-8H2,(H,18,19). The molecule has 0 aromatic heterocycles. The molecule has 0 spiro atoms. The average molecular weight is 334 g/mol. The number of nitro groups is 1. The van der Waals surface area contributed by atoms with Gasteiger partial charge in [-0.1, -0.05) is 12.1 Å². The Morgan fingerprint density at radius 2 is 2.04 bits per heavy atom. The highest BCUT2D eigenvalue weighted by molar-refractivity contribution is 7.99. The van der Waals surface area contributed by atoms with Crippen molar-refractivity contribution in [3.05, 3.63) is 58.6 Å². The van der Waals surface area contributed by atoms with Crippen molar-refractivity contribution in [3.63, 3.8) is 0 Å². The minimum Gasteiger partial charge on any atom is -0.492 e. The Labute approximate surface area is 136 Å². The zero-order chi connectivity index (χ0) is 16.7. The quantitative estimate of drug-likeness (QED) is 0.345. The van der Waals surface area contributed by atoms with Crippen LogP contribution in [0.5, 0.6) is 5.75 Å². The fraction of sp³-hybridized carbons (Fsp3) is 0.133. The lowest BCUT2D eigenvalue weighted by atomic mass is 10.3. The number of ether oxygens (including phenoxy) is 1. The number of nitrogens with zero attached hydrogens (tertiary/aromatic N) is 1. The van der Waals surface area contributed by atoms with E-state index in [-0.39, 0.29) is 5.69 Å². The number of carbonyl (C=O) groups is 1. The Hall–Kier alpha value is -2.74. The highest BCUT2D eigenvalue weighted by Gasteiger charge is 2.06. The molecule has 8 heteroatoms. The molecule has 1 amide bonds. The monoisotopic (exact) mass is 334 g/mol. The molecule has 0 aliphatic carbocycles. The van der Waals surface area contributed by atoms with Crippen molar-refractivity contribution in [3.8, 4) is 5.75 Å². The van der Waals surface area contributed by atoms with Crippen LogP contribution in [0, 0.1) is 10.1 Å². The topological polar surface area (TPSA) is 102 Å². The second-order valence-corrected chi connectivity index (χ2v) is 5.58. The van der Waals surface area contributed by atoms with E-state index in [0.29, 0.717) is 23.8 Å². The summed E-state index contributed by atoms with van der Waals surface area (Å²) in [6, 6.07) is 13.0. The Morgan fingerprint density at radius 3 is 2.78 bits per heavy atom. The van der Waals surface area contributed by atoms with E-state index in [1.165, 1.54) is 23.9 Å². The van der Waals surface area contributed by atoms with Gasteiger partial charge in [0, 0.05) is 22.4 Å². The number of hydrogen-bond acceptors (Lipinski definition) is 5. The number of thioether (sulfide) groups is 1. The molecular weight excluding hydrogens is 320 g/mol. The molecular formula is C15H14N2O5S. The summed E-state index contributed by atoms with van der Waals surface area (Å²) >= 11 is 1.50. The highest BCUT2D eigenvalue weighted by Crippen LogP contribution is 2.23. The predicted molar refractivity (Wildman–Crippen MR) is 87.4 cm³/mol. The average Bonchev–Trinajstić information content (AvgIpc) is 2.51. The van der Waals surface area contributed by atoms with Crippen molar-refractivity contribution in [2.75, 3.05) is 17.7 Å². The molecule has 2 N–H and O–H groups in total. The number of anilines is 1. The third kappa shape index (κ3) is 5.51. The first kappa shape index (κ1) is 16.6. The number of nitrogens with one attached hydrogen (secondary N) is 1. The maximum absolute atomic E-state index is 10.7. The van der Waals surface area contributed by atoms with Gasteiger partial charge in [0.15, 0.2) is 0 Å². The molecule has 2 rings (SSSR count). The van der Waals surface area contributed by atoms with Crippen LogP contribution in [0.25, 0.3) is 0 Å². The van der Waals surface area contributed by atoms with E-state index < -0.39 is 11.0 Å². The molecule has 0 saturated carbocycles. The van der Waals surface area contributed by atoms with Crippen molar-refractivity contribution in [2.45, 2.75) is 4.90 Å². The van der Waals surface area contributed by atoms with Gasteiger partial charge in [-0.15, -0.1) is 11.8 Å². The summed E-state index contributed by atoms with van der Waals surface area (Å²) in [5.41, 5.74) is 0.490. The summed E-state index contributed by atoms with van der Waals surface area (Å²) in [6.07, 6.45) is -1.11. The van der Waals surface area contributed by atoms with E-state index in [0.717, 1.165) is 4.90 Å². The highest BCUT2D eigenvalue weighted by atomic mass is 32.2. The van der Waals surface area contributed by atoms with Gasteiger partial charge in [0.25, 0.3) is 5.69 Å². The minimum atomic E-state index is -1.11. The lowest BCUT2D eigenvalue weighted by Crippen LogP contribution is -2.07. The number of non-ortho nitro benzene ring substituents is 1. The Balaban J connectivity index is 1.82. The summed E-state index contributed by atoms with van der Waals surface area (Å²) in [5, 5.41) is 21.6. The number of nitro benzene ring substituents is 1. The van der Waals surface area contributed by atoms with Crippen LogP contribution in [0.4, 0.5) is 16.2 Å². The van der Waals surface area contributed by atoms with E-state index in [1.54, 1.807) is 30.3 Å². The van der Waals surface area contributed by atoms with Crippen molar-refractivity contribution < 1.29 is 19.6 Å². The largest absolute Gasteiger partial charge is 0.492 e. The molecule has 0 unspecified atom stereocenters. The molecule has 0 aliphatic heterocycles. The summed E-state index contributed by atoms with van der Waals surface area (Å²) in [5.74, 6) is 1.07. The van der Waals surface area contributed by atoms with E-state index in [9.17, 15) is 14.9 Å². The van der Waals surface area contributed by atoms with Gasteiger partial charge >= 0.3 is 6.09 Å². The van der Waals surface area contributed by atoms with Crippen molar-refractivity contribution in [2.24, 2.45) is 0 Å². The number of amides is 1. The van der Waals surface area contributed by atoms with Crippen molar-refractivity contribution >= 4 is 29.2 Å². The number of benzene rings is 2. The molecule has 7 nitrogen and oxygen atoms in total. The fourth-order valence-corrected chi connectivity index (χ4v) is 2.58. The lowest BCUT2D eigenvalue weighted by molar-refractivity contribution is -0.384. The maximum Gasteiger partial charge on any atom is 0.409 e. The van der Waals surface area contributed by atoms with Crippen LogP contribution in [-0.2, 0) is 0 Å². The van der Waals surface area contributed by atoms with Crippen LogP contribution < -0.4 is 10.1 Å². The molecule has 120 valence electrons. The van der Waals surface area contributed by atoms with Gasteiger partial charge in [-0.3, -0.25) is 15.4 Å². The molecule has 23 heavy (non-hydrogen) atoms. The number of hydrogen-bond donors (Lipinski definition) is 2. The molecule has 0 radical (unpaired) electrons. The number of carboxylic acid groups (broad SMARTS) is 1. The third-order valence-electron chi connectivity index (χ3n) is 2.73. The zero-order valence-corrected chi connectivity index (χ0v) is 12.8. The Bertz CT molecular complexity index is 708. The van der Waals surface area contributed by atoms with Gasteiger partial charge in [0.1, 0.15) is 5.75 Å². The maximum atomic E-state index is 10.7. The van der Waals surface area contributed by atoms with Crippen molar-refractivity contribution in [1.29, 1.82) is 0 Å². The SMILES string of the molecule is O=C(O)Nc1cccc(SCCOc2cccc([N+](=O)[O-])c2)c1. The van der Waals surface area contributed by atoms with Crippen LogP contribution >= 0.6 is 11.8 Å². The molecule has 0 atom stereocenters. The summed E-state index contributed by atoms with van der Waals surface area (Å²) in [4.78, 5) is 21.7. The summed E-state index contributed by atoms with van der Waals surface area (Å²) in [7, 11) is 0. The molecule has 0 bridgehead atoms. The predicted octanol–water partition coefficient (Wildman–Crippen LogP) is 3.86. The van der Waals surface area contributed by atoms with Crippen LogP contribution in [0.1, 0.15) is 0 Å². The smallest absolute Gasteiger partial charge is 0.409 e. The lowest BCUT2D eigenvalue weighted by Gasteiger charge is -2.07. The van der Waals surface area contributed by atoms with Crippen LogP contribution in [0.15, 0.2) is 53.4 Å². The Kier molecular flexibility index (Phi) is 5.81. The molecule has 2 aromatic carbocycles. The normalized spacial score (nSPS) is 10.1. The van der Waals surface area contributed by atoms with Gasteiger partial charge in [-0.05, 0) is 24.3 Å². The molecule has 0 saturated heterocycles. The van der Waals surface area contributed by atoms with Gasteiger partial charge in [0.2, 0.25) is 0 Å². The van der Waals surface area contributed by atoms with Gasteiger partial charge in [0.05, 0.1) is 17.6 Å². The minimum absolute atomic E-state index is 0.0115. The van der Waals surface area contributed by atoms with E-state index in [2.05, 4.69) is 5.32 Å². The molecule has 0 fully saturated rings. The molecule has 0 heterocycles. The van der Waals surface area contributed by atoms with Crippen LogP contribution in [0.2, 0.25) is 0 Å². The van der Waals surface area contributed by atoms with Crippen LogP contribution in [0.3, 0.4) is 0 Å². The summed E-state index contributed by atoms with van der Waals surface area (Å²) < 4.78 is 5.48. The van der Waals surface area contributed by atoms with Gasteiger partial charge in [-0.2, -0.15) is 0 Å². The molecule has 2 aromatic rings. The first-order valence-electron chi connectivity index (χ1n) is 6.64. The second-order valence-electron chi connectivity index (χ2n) is 4.41. The molecule has 0 aliphatic rings.